The van der Waals surface area contributed by atoms with Crippen molar-refractivity contribution >= 4 is 17.9 Å². The normalized spacial score (nSPS) is 11.4. The van der Waals surface area contributed by atoms with E-state index in [2.05, 4.69) is 29.8 Å². The summed E-state index contributed by atoms with van der Waals surface area (Å²) in [5.41, 5.74) is -0.624. The molecule has 0 heterocycles. The highest BCUT2D eigenvalue weighted by Gasteiger charge is 2.21. The fourth-order valence-corrected chi connectivity index (χ4v) is 1.13. The van der Waals surface area contributed by atoms with Gasteiger partial charge in [0.1, 0.15) is 11.6 Å². The Kier molecular flexibility index (Phi) is 13.0. The van der Waals surface area contributed by atoms with Gasteiger partial charge in [-0.3, -0.25) is 9.59 Å². The van der Waals surface area contributed by atoms with Crippen LogP contribution in [0.2, 0.25) is 0 Å². The van der Waals surface area contributed by atoms with Crippen molar-refractivity contribution in [2.45, 2.75) is 73.0 Å². The highest BCUT2D eigenvalue weighted by Crippen LogP contribution is 2.06. The molecule has 0 aromatic carbocycles. The number of alkyl carbamates (subject to hydrolysis) is 1. The summed E-state index contributed by atoms with van der Waals surface area (Å²) in [6, 6.07) is -0.774. The van der Waals surface area contributed by atoms with E-state index in [-0.39, 0.29) is 12.5 Å². The molecular formula is C16H33N3O4. The Morgan fingerprint density at radius 2 is 1.52 bits per heavy atom. The average Bonchev–Trinajstić information content (AvgIpc) is 2.43. The SMILES string of the molecule is CCCC.CCNC(=O)CNC(=O)[C@H](C)NC(=O)OC(C)(C)C. The van der Waals surface area contributed by atoms with Gasteiger partial charge in [-0.1, -0.05) is 26.7 Å². The van der Waals surface area contributed by atoms with Crippen molar-refractivity contribution in [3.8, 4) is 0 Å². The molecule has 0 aromatic rings. The second kappa shape index (κ2) is 12.7. The van der Waals surface area contributed by atoms with Gasteiger partial charge in [-0.25, -0.2) is 4.79 Å². The van der Waals surface area contributed by atoms with E-state index in [1.807, 2.05) is 0 Å². The summed E-state index contributed by atoms with van der Waals surface area (Å²) < 4.78 is 5.01. The molecule has 0 aliphatic carbocycles. The highest BCUT2D eigenvalue weighted by atomic mass is 16.6. The van der Waals surface area contributed by atoms with E-state index >= 15 is 0 Å². The third-order valence-electron chi connectivity index (χ3n) is 2.42. The van der Waals surface area contributed by atoms with Crippen LogP contribution in [0.15, 0.2) is 0 Å². The molecular weight excluding hydrogens is 298 g/mol. The third kappa shape index (κ3) is 16.4. The number of unbranched alkanes of at least 4 members (excludes halogenated alkanes) is 1. The lowest BCUT2D eigenvalue weighted by Gasteiger charge is -2.21. The molecule has 0 rings (SSSR count). The minimum atomic E-state index is -0.774. The first-order valence-electron chi connectivity index (χ1n) is 8.11. The van der Waals surface area contributed by atoms with Gasteiger partial charge in [0, 0.05) is 6.54 Å². The van der Waals surface area contributed by atoms with Crippen molar-refractivity contribution in [3.05, 3.63) is 0 Å². The van der Waals surface area contributed by atoms with Crippen LogP contribution in [-0.4, -0.2) is 42.6 Å². The van der Waals surface area contributed by atoms with E-state index in [0.717, 1.165) is 0 Å². The molecule has 136 valence electrons. The van der Waals surface area contributed by atoms with Gasteiger partial charge in [0.2, 0.25) is 11.8 Å². The summed E-state index contributed by atoms with van der Waals surface area (Å²) in [6.45, 7) is 13.2. The van der Waals surface area contributed by atoms with Gasteiger partial charge in [0.05, 0.1) is 6.54 Å². The maximum absolute atomic E-state index is 11.6. The third-order valence-corrected chi connectivity index (χ3v) is 2.42. The van der Waals surface area contributed by atoms with E-state index < -0.39 is 23.6 Å². The number of amides is 3. The smallest absolute Gasteiger partial charge is 0.408 e. The van der Waals surface area contributed by atoms with Crippen LogP contribution in [0.5, 0.6) is 0 Å². The number of likely N-dealkylation sites (N-methyl/N-ethyl adjacent to an activating group) is 1. The molecule has 0 saturated carbocycles. The standard InChI is InChI=1S/C12H23N3O4.C4H10/c1-6-13-9(16)7-14-10(17)8(2)15-11(18)19-12(3,4)5;1-3-4-2/h8H,6-7H2,1-5H3,(H,13,16)(H,14,17)(H,15,18);3-4H2,1-2H3/t8-;/m0./s1. The van der Waals surface area contributed by atoms with Gasteiger partial charge >= 0.3 is 6.09 Å². The minimum Gasteiger partial charge on any atom is -0.444 e. The highest BCUT2D eigenvalue weighted by molar-refractivity contribution is 5.89. The Morgan fingerprint density at radius 3 is 1.91 bits per heavy atom. The lowest BCUT2D eigenvalue weighted by atomic mass is 10.2. The molecule has 0 aromatic heterocycles. The molecule has 0 saturated heterocycles. The molecule has 0 unspecified atom stereocenters. The number of ether oxygens (including phenoxy) is 1. The molecule has 7 heteroatoms. The van der Waals surface area contributed by atoms with E-state index in [0.29, 0.717) is 6.54 Å². The lowest BCUT2D eigenvalue weighted by molar-refractivity contribution is -0.127. The summed E-state index contributed by atoms with van der Waals surface area (Å²) in [6.07, 6.45) is 1.97. The molecule has 0 spiro atoms. The Labute approximate surface area is 139 Å². The molecule has 7 nitrogen and oxygen atoms in total. The van der Waals surface area contributed by atoms with Gasteiger partial charge in [-0.05, 0) is 34.6 Å². The molecule has 0 bridgehead atoms. The molecule has 0 radical (unpaired) electrons. The second-order valence-corrected chi connectivity index (χ2v) is 6.04. The topological polar surface area (TPSA) is 96.5 Å². The van der Waals surface area contributed by atoms with Crippen LogP contribution in [0.4, 0.5) is 4.79 Å². The van der Waals surface area contributed by atoms with Crippen molar-refractivity contribution in [2.24, 2.45) is 0 Å². The molecule has 0 aliphatic rings. The van der Waals surface area contributed by atoms with E-state index in [9.17, 15) is 14.4 Å². The summed E-state index contributed by atoms with van der Waals surface area (Å²) in [4.78, 5) is 34.2. The zero-order chi connectivity index (χ0) is 18.5. The first-order valence-corrected chi connectivity index (χ1v) is 8.11. The minimum absolute atomic E-state index is 0.118. The lowest BCUT2D eigenvalue weighted by Crippen LogP contribution is -2.48. The van der Waals surface area contributed by atoms with Crippen LogP contribution in [-0.2, 0) is 14.3 Å². The van der Waals surface area contributed by atoms with Crippen molar-refractivity contribution in [1.29, 1.82) is 0 Å². The Hall–Kier alpha value is -1.79. The van der Waals surface area contributed by atoms with Crippen LogP contribution in [0.1, 0.15) is 61.3 Å². The maximum atomic E-state index is 11.6. The quantitative estimate of drug-likeness (QED) is 0.693. The van der Waals surface area contributed by atoms with Gasteiger partial charge in [0.15, 0.2) is 0 Å². The molecule has 0 fully saturated rings. The fraction of sp³-hybridized carbons (Fsp3) is 0.812. The average molecular weight is 331 g/mol. The number of nitrogens with one attached hydrogen (secondary N) is 3. The summed E-state index contributed by atoms with van der Waals surface area (Å²) in [5.74, 6) is -0.725. The Morgan fingerprint density at radius 1 is 1.00 bits per heavy atom. The van der Waals surface area contributed by atoms with Gasteiger partial charge in [-0.2, -0.15) is 0 Å². The van der Waals surface area contributed by atoms with Gasteiger partial charge < -0.3 is 20.7 Å². The summed E-state index contributed by atoms with van der Waals surface area (Å²) in [5, 5.41) is 7.35. The van der Waals surface area contributed by atoms with Crippen LogP contribution in [0.25, 0.3) is 0 Å². The summed E-state index contributed by atoms with van der Waals surface area (Å²) >= 11 is 0. The number of carbonyl (C=O) groups excluding carboxylic acids is 3. The van der Waals surface area contributed by atoms with Crippen molar-refractivity contribution < 1.29 is 19.1 Å². The van der Waals surface area contributed by atoms with E-state index in [1.165, 1.54) is 19.8 Å². The predicted molar refractivity (Wildman–Crippen MR) is 91.1 cm³/mol. The predicted octanol–water partition coefficient (Wildman–Crippen LogP) is 1.96. The van der Waals surface area contributed by atoms with Gasteiger partial charge in [-0.15, -0.1) is 0 Å². The van der Waals surface area contributed by atoms with E-state index in [4.69, 9.17) is 4.74 Å². The van der Waals surface area contributed by atoms with Gasteiger partial charge in [0.25, 0.3) is 0 Å². The van der Waals surface area contributed by atoms with E-state index in [1.54, 1.807) is 27.7 Å². The second-order valence-electron chi connectivity index (χ2n) is 6.04. The van der Waals surface area contributed by atoms with Crippen molar-refractivity contribution in [3.63, 3.8) is 0 Å². The monoisotopic (exact) mass is 331 g/mol. The first-order chi connectivity index (χ1) is 10.6. The van der Waals surface area contributed by atoms with Crippen LogP contribution < -0.4 is 16.0 Å². The number of rotatable bonds is 6. The zero-order valence-corrected chi connectivity index (χ0v) is 15.5. The van der Waals surface area contributed by atoms with Crippen LogP contribution in [0, 0.1) is 0 Å². The Bertz CT molecular complexity index is 363. The number of hydrogen-bond acceptors (Lipinski definition) is 4. The first kappa shape index (κ1) is 23.5. The van der Waals surface area contributed by atoms with Crippen LogP contribution in [0.3, 0.4) is 0 Å². The molecule has 3 amide bonds. The number of hydrogen-bond donors (Lipinski definition) is 3. The summed E-state index contributed by atoms with van der Waals surface area (Å²) in [7, 11) is 0. The molecule has 23 heavy (non-hydrogen) atoms. The maximum Gasteiger partial charge on any atom is 0.408 e. The number of carbonyl (C=O) groups is 3. The zero-order valence-electron chi connectivity index (χ0n) is 15.5. The Balaban J connectivity index is 0. The van der Waals surface area contributed by atoms with Crippen LogP contribution >= 0.6 is 0 Å². The molecule has 1 atom stereocenters. The largest absolute Gasteiger partial charge is 0.444 e. The van der Waals surface area contributed by atoms with Crippen molar-refractivity contribution in [2.75, 3.05) is 13.1 Å². The molecule has 3 N–H and O–H groups in total. The fourth-order valence-electron chi connectivity index (χ4n) is 1.13. The van der Waals surface area contributed by atoms with Crippen molar-refractivity contribution in [1.82, 2.24) is 16.0 Å². The molecule has 0 aliphatic heterocycles.